The standard InChI is InChI=1S/C29H31F2N7O4/c1-37-10-8-25(22(30)14-37)41-21-5-3-20(4-6-21)35-29-34-17-33-28(36-29)18-2-7-24(19(12-18)13-32)42-26-9-11-38(15-23(26)31)27(40)16-39/h2-7,12,17,22-23,25-26,39H,8-11,14-16H2,1H3,(H,33,34,35,36). The van der Waals surface area contributed by atoms with Crippen LogP contribution in [0.2, 0.25) is 0 Å². The van der Waals surface area contributed by atoms with Gasteiger partial charge in [-0.15, -0.1) is 0 Å². The molecule has 1 amide bonds. The summed E-state index contributed by atoms with van der Waals surface area (Å²) in [6.07, 6.45) is -1.63. The van der Waals surface area contributed by atoms with Gasteiger partial charge in [-0.1, -0.05) is 0 Å². The fraction of sp³-hybridized carbons (Fsp3) is 0.414. The van der Waals surface area contributed by atoms with Crippen LogP contribution in [-0.2, 0) is 4.79 Å². The Morgan fingerprint density at radius 1 is 1.07 bits per heavy atom. The Balaban J connectivity index is 1.22. The van der Waals surface area contributed by atoms with E-state index in [2.05, 4.69) is 26.3 Å². The number of benzene rings is 2. The fourth-order valence-electron chi connectivity index (χ4n) is 4.95. The molecule has 220 valence electrons. The molecule has 2 fully saturated rings. The second-order valence-electron chi connectivity index (χ2n) is 10.3. The largest absolute Gasteiger partial charge is 0.487 e. The number of aliphatic hydroxyl groups is 1. The normalized spacial score (nSPS) is 22.7. The van der Waals surface area contributed by atoms with Gasteiger partial charge in [0.25, 0.3) is 0 Å². The number of carbonyl (C=O) groups is 1. The molecule has 0 spiro atoms. The zero-order chi connectivity index (χ0) is 29.6. The van der Waals surface area contributed by atoms with Crippen LogP contribution in [0.3, 0.4) is 0 Å². The number of carbonyl (C=O) groups excluding carboxylic acids is 1. The van der Waals surface area contributed by atoms with Crippen LogP contribution >= 0.6 is 0 Å². The monoisotopic (exact) mass is 579 g/mol. The highest BCUT2D eigenvalue weighted by Gasteiger charge is 2.33. The van der Waals surface area contributed by atoms with Gasteiger partial charge in [0, 0.05) is 37.3 Å². The molecule has 3 aromatic rings. The summed E-state index contributed by atoms with van der Waals surface area (Å²) in [6.45, 7) is 0.526. The maximum atomic E-state index is 14.7. The summed E-state index contributed by atoms with van der Waals surface area (Å²) in [4.78, 5) is 27.7. The number of rotatable bonds is 8. The van der Waals surface area contributed by atoms with Crippen molar-refractivity contribution in [2.75, 3.05) is 45.2 Å². The molecule has 3 heterocycles. The average Bonchev–Trinajstić information content (AvgIpc) is 3.00. The molecule has 2 saturated heterocycles. The molecule has 1 aromatic heterocycles. The highest BCUT2D eigenvalue weighted by molar-refractivity contribution is 5.77. The second kappa shape index (κ2) is 13.1. The number of ether oxygens (including phenoxy) is 2. The highest BCUT2D eigenvalue weighted by Crippen LogP contribution is 2.29. The topological polar surface area (TPSA) is 137 Å². The molecule has 2 aliphatic heterocycles. The molecule has 4 unspecified atom stereocenters. The van der Waals surface area contributed by atoms with E-state index < -0.39 is 37.1 Å². The van der Waals surface area contributed by atoms with Crippen molar-refractivity contribution in [3.63, 3.8) is 0 Å². The molecule has 2 aromatic carbocycles. The first-order chi connectivity index (χ1) is 20.3. The van der Waals surface area contributed by atoms with Gasteiger partial charge in [0.2, 0.25) is 11.9 Å². The van der Waals surface area contributed by atoms with Crippen LogP contribution in [0.1, 0.15) is 18.4 Å². The van der Waals surface area contributed by atoms with E-state index in [1.165, 1.54) is 11.2 Å². The molecule has 2 aliphatic rings. The maximum absolute atomic E-state index is 14.7. The molecule has 0 aliphatic carbocycles. The molecule has 2 N–H and O–H groups in total. The Bertz CT molecular complexity index is 1440. The molecule has 42 heavy (non-hydrogen) atoms. The molecule has 11 nitrogen and oxygen atoms in total. The van der Waals surface area contributed by atoms with Gasteiger partial charge in [-0.3, -0.25) is 4.79 Å². The van der Waals surface area contributed by atoms with Crippen molar-refractivity contribution >= 4 is 17.5 Å². The number of hydrogen-bond acceptors (Lipinski definition) is 10. The fourth-order valence-corrected chi connectivity index (χ4v) is 4.95. The molecular formula is C29H31F2N7O4. The predicted molar refractivity (Wildman–Crippen MR) is 149 cm³/mol. The van der Waals surface area contributed by atoms with Crippen LogP contribution in [0.25, 0.3) is 11.4 Å². The van der Waals surface area contributed by atoms with Crippen molar-refractivity contribution < 1.29 is 28.2 Å². The van der Waals surface area contributed by atoms with Crippen LogP contribution < -0.4 is 14.8 Å². The number of likely N-dealkylation sites (tertiary alicyclic amines) is 2. The Hall–Kier alpha value is -4.41. The lowest BCUT2D eigenvalue weighted by Crippen LogP contribution is -2.50. The summed E-state index contributed by atoms with van der Waals surface area (Å²) in [5, 5.41) is 21.8. The lowest BCUT2D eigenvalue weighted by molar-refractivity contribution is -0.138. The van der Waals surface area contributed by atoms with Crippen LogP contribution in [-0.4, -0.2) is 100 Å². The molecule has 5 rings (SSSR count). The molecular weight excluding hydrogens is 548 g/mol. The predicted octanol–water partition coefficient (Wildman–Crippen LogP) is 2.88. The Morgan fingerprint density at radius 3 is 2.52 bits per heavy atom. The molecule has 4 atom stereocenters. The van der Waals surface area contributed by atoms with Crippen LogP contribution in [0.15, 0.2) is 48.8 Å². The van der Waals surface area contributed by atoms with E-state index in [0.717, 1.165) is 6.54 Å². The number of anilines is 2. The first-order valence-electron chi connectivity index (χ1n) is 13.6. The Labute approximate surface area is 241 Å². The van der Waals surface area contributed by atoms with Crippen molar-refractivity contribution in [3.8, 4) is 29.0 Å². The quantitative estimate of drug-likeness (QED) is 0.410. The SMILES string of the molecule is CN1CCC(Oc2ccc(Nc3ncnc(-c4ccc(OC5CCN(C(=O)CO)CC5F)c(C#N)c4)n3)cc2)C(F)C1. The lowest BCUT2D eigenvalue weighted by atomic mass is 10.0. The van der Waals surface area contributed by atoms with E-state index >= 15 is 0 Å². The zero-order valence-corrected chi connectivity index (χ0v) is 23.0. The van der Waals surface area contributed by atoms with Crippen molar-refractivity contribution in [1.82, 2.24) is 24.8 Å². The maximum Gasteiger partial charge on any atom is 0.248 e. The van der Waals surface area contributed by atoms with E-state index in [1.807, 2.05) is 11.9 Å². The van der Waals surface area contributed by atoms with E-state index in [9.17, 15) is 18.8 Å². The first kappa shape index (κ1) is 29.1. The summed E-state index contributed by atoms with van der Waals surface area (Å²) in [6, 6.07) is 13.9. The zero-order valence-electron chi connectivity index (χ0n) is 23.0. The summed E-state index contributed by atoms with van der Waals surface area (Å²) in [5.41, 5.74) is 1.40. The highest BCUT2D eigenvalue weighted by atomic mass is 19.1. The van der Waals surface area contributed by atoms with Gasteiger partial charge in [-0.2, -0.15) is 10.2 Å². The van der Waals surface area contributed by atoms with Crippen LogP contribution in [0.4, 0.5) is 20.4 Å². The number of nitrogens with zero attached hydrogens (tertiary/aromatic N) is 6. The van der Waals surface area contributed by atoms with Crippen LogP contribution in [0, 0.1) is 11.3 Å². The average molecular weight is 580 g/mol. The Kier molecular flexibility index (Phi) is 9.04. The number of piperidine rings is 2. The number of aliphatic hydroxyl groups excluding tert-OH is 1. The second-order valence-corrected chi connectivity index (χ2v) is 10.3. The minimum absolute atomic E-state index is 0.180. The van der Waals surface area contributed by atoms with Crippen LogP contribution in [0.5, 0.6) is 11.5 Å². The smallest absolute Gasteiger partial charge is 0.248 e. The van der Waals surface area contributed by atoms with Gasteiger partial charge in [-0.25, -0.2) is 18.7 Å². The van der Waals surface area contributed by atoms with E-state index in [1.54, 1.807) is 42.5 Å². The van der Waals surface area contributed by atoms with E-state index in [-0.39, 0.29) is 36.8 Å². The van der Waals surface area contributed by atoms with Crippen molar-refractivity contribution in [2.45, 2.75) is 37.4 Å². The summed E-state index contributed by atoms with van der Waals surface area (Å²) >= 11 is 0. The third-order valence-electron chi connectivity index (χ3n) is 7.26. The number of nitrogens with one attached hydrogen (secondary N) is 1. The summed E-state index contributed by atoms with van der Waals surface area (Å²) in [5.74, 6) is 0.838. The number of alkyl halides is 2. The molecule has 13 heteroatoms. The summed E-state index contributed by atoms with van der Waals surface area (Å²) in [7, 11) is 1.89. The molecule has 0 saturated carbocycles. The third kappa shape index (κ3) is 6.89. The number of aromatic nitrogens is 3. The number of amides is 1. The van der Waals surface area contributed by atoms with E-state index in [4.69, 9.17) is 14.6 Å². The number of hydrogen-bond donors (Lipinski definition) is 2. The molecule has 0 bridgehead atoms. The minimum Gasteiger partial charge on any atom is -0.487 e. The van der Waals surface area contributed by atoms with E-state index in [0.29, 0.717) is 35.8 Å². The molecule has 0 radical (unpaired) electrons. The van der Waals surface area contributed by atoms with Gasteiger partial charge in [0.1, 0.15) is 48.9 Å². The Morgan fingerprint density at radius 2 is 1.81 bits per heavy atom. The summed E-state index contributed by atoms with van der Waals surface area (Å²) < 4.78 is 40.7. The van der Waals surface area contributed by atoms with Crippen molar-refractivity contribution in [3.05, 3.63) is 54.4 Å². The van der Waals surface area contributed by atoms with Gasteiger partial charge >= 0.3 is 0 Å². The number of nitriles is 1. The van der Waals surface area contributed by atoms with Gasteiger partial charge in [0.15, 0.2) is 12.0 Å². The number of halogens is 2. The minimum atomic E-state index is -1.46. The van der Waals surface area contributed by atoms with Crippen molar-refractivity contribution in [1.29, 1.82) is 5.26 Å². The first-order valence-corrected chi connectivity index (χ1v) is 13.6. The van der Waals surface area contributed by atoms with Gasteiger partial charge in [0.05, 0.1) is 12.1 Å². The lowest BCUT2D eigenvalue weighted by Gasteiger charge is -2.34. The van der Waals surface area contributed by atoms with Gasteiger partial charge < -0.3 is 29.7 Å². The van der Waals surface area contributed by atoms with Gasteiger partial charge in [-0.05, 0) is 55.9 Å². The third-order valence-corrected chi connectivity index (χ3v) is 7.26. The van der Waals surface area contributed by atoms with Crippen molar-refractivity contribution in [2.24, 2.45) is 0 Å².